The van der Waals surface area contributed by atoms with Crippen LogP contribution in [-0.4, -0.2) is 54.2 Å². The number of benzene rings is 1. The van der Waals surface area contributed by atoms with Gasteiger partial charge in [0.05, 0.1) is 29.6 Å². The molecule has 38 heavy (non-hydrogen) atoms. The van der Waals surface area contributed by atoms with Crippen LogP contribution in [-0.2, 0) is 25.0 Å². The molecule has 14 heteroatoms. The summed E-state index contributed by atoms with van der Waals surface area (Å²) in [5, 5.41) is 11.3. The van der Waals surface area contributed by atoms with E-state index in [2.05, 4.69) is 9.97 Å². The first-order chi connectivity index (χ1) is 17.5. The molecule has 8 nitrogen and oxygen atoms in total. The summed E-state index contributed by atoms with van der Waals surface area (Å²) in [6, 6.07) is 7.39. The number of halogens is 4. The molecule has 0 fully saturated rings. The maximum atomic E-state index is 13.4. The third-order valence-electron chi connectivity index (χ3n) is 5.39. The molecular formula is C24H25ClF3N3O5S2. The molecule has 3 rings (SSSR count). The molecule has 0 spiro atoms. The van der Waals surface area contributed by atoms with Crippen molar-refractivity contribution in [2.75, 3.05) is 17.5 Å². The second-order valence-corrected chi connectivity index (χ2v) is 12.4. The largest absolute Gasteiger partial charge is 0.516 e. The molecule has 0 aliphatic rings. The standard InChI is InChI=1S/C24H25ClF3N3O5S2/c1-14(22(32)33)36-10-9-31(38(34,35)24(26,27)28)16-5-6-17(18(25)12-16)19-13-37-21(30-19)15-7-8-29-20(11-15)23(2,3)4/h5-8,11-14H,9-10H2,1-4H3,(H,32,33). The van der Waals surface area contributed by atoms with Gasteiger partial charge in [-0.1, -0.05) is 32.4 Å². The minimum Gasteiger partial charge on any atom is -0.479 e. The highest BCUT2D eigenvalue weighted by Crippen LogP contribution is 2.37. The summed E-state index contributed by atoms with van der Waals surface area (Å²) in [6.07, 6.45) is 0.352. The van der Waals surface area contributed by atoms with Gasteiger partial charge in [-0.05, 0) is 37.3 Å². The quantitative estimate of drug-likeness (QED) is 0.326. The Bertz CT molecular complexity index is 1420. The Morgan fingerprint density at radius 3 is 2.47 bits per heavy atom. The number of aliphatic carboxylic acids is 1. The van der Waals surface area contributed by atoms with Crippen LogP contribution in [0, 0.1) is 0 Å². The van der Waals surface area contributed by atoms with Crippen molar-refractivity contribution in [1.29, 1.82) is 0 Å². The molecule has 0 aliphatic carbocycles. The summed E-state index contributed by atoms with van der Waals surface area (Å²) in [7, 11) is -5.82. The number of anilines is 1. The van der Waals surface area contributed by atoms with Gasteiger partial charge in [-0.15, -0.1) is 11.3 Å². The van der Waals surface area contributed by atoms with Crippen molar-refractivity contribution < 1.29 is 36.2 Å². The van der Waals surface area contributed by atoms with Gasteiger partial charge in [0.2, 0.25) is 0 Å². The van der Waals surface area contributed by atoms with Crippen LogP contribution in [0.3, 0.4) is 0 Å². The van der Waals surface area contributed by atoms with E-state index in [0.29, 0.717) is 16.3 Å². The summed E-state index contributed by atoms with van der Waals surface area (Å²) >= 11 is 7.72. The number of alkyl halides is 3. The molecule has 1 aromatic carbocycles. The van der Waals surface area contributed by atoms with Crippen LogP contribution in [0.15, 0.2) is 41.9 Å². The molecule has 2 heterocycles. The number of aromatic nitrogens is 2. The molecule has 1 N–H and O–H groups in total. The molecule has 3 aromatic rings. The smallest absolute Gasteiger partial charge is 0.479 e. The first kappa shape index (κ1) is 29.8. The minimum atomic E-state index is -5.82. The predicted octanol–water partition coefficient (Wildman–Crippen LogP) is 5.97. The number of ether oxygens (including phenoxy) is 1. The van der Waals surface area contributed by atoms with E-state index in [9.17, 15) is 26.4 Å². The van der Waals surface area contributed by atoms with Gasteiger partial charge in [-0.2, -0.15) is 21.6 Å². The number of pyridine rings is 1. The third-order valence-corrected chi connectivity index (χ3v) is 8.15. The van der Waals surface area contributed by atoms with E-state index >= 15 is 0 Å². The average molecular weight is 592 g/mol. The van der Waals surface area contributed by atoms with Crippen LogP contribution in [0.5, 0.6) is 0 Å². The fourth-order valence-corrected chi connectivity index (χ4v) is 5.31. The Hall–Kier alpha value is -2.74. The molecule has 1 atom stereocenters. The van der Waals surface area contributed by atoms with E-state index in [0.717, 1.165) is 17.3 Å². The van der Waals surface area contributed by atoms with Crippen LogP contribution in [0.4, 0.5) is 18.9 Å². The van der Waals surface area contributed by atoms with Gasteiger partial charge in [0.15, 0.2) is 6.10 Å². The van der Waals surface area contributed by atoms with Gasteiger partial charge >= 0.3 is 21.5 Å². The number of thiazole rings is 1. The van der Waals surface area contributed by atoms with Crippen molar-refractivity contribution >= 4 is 44.6 Å². The molecule has 0 radical (unpaired) electrons. The SMILES string of the molecule is CC(OCCN(c1ccc(-c2csc(-c3ccnc(C(C)(C)C)c3)n2)c(Cl)c1)S(=O)(=O)C(F)(F)F)C(=O)O. The van der Waals surface area contributed by atoms with E-state index in [-0.39, 0.29) is 20.4 Å². The molecule has 0 bridgehead atoms. The maximum absolute atomic E-state index is 13.4. The van der Waals surface area contributed by atoms with E-state index in [4.69, 9.17) is 21.4 Å². The van der Waals surface area contributed by atoms with E-state index < -0.39 is 40.8 Å². The molecular weight excluding hydrogens is 567 g/mol. The lowest BCUT2D eigenvalue weighted by Gasteiger charge is -2.26. The zero-order valence-corrected chi connectivity index (χ0v) is 23.2. The Morgan fingerprint density at radius 2 is 1.89 bits per heavy atom. The van der Waals surface area contributed by atoms with Gasteiger partial charge < -0.3 is 9.84 Å². The molecule has 1 unspecified atom stereocenters. The second-order valence-electron chi connectivity index (χ2n) is 9.26. The Labute approximate surface area is 227 Å². The fraction of sp³-hybridized carbons (Fsp3) is 0.375. The number of carboxylic acid groups (broad SMARTS) is 1. The summed E-state index contributed by atoms with van der Waals surface area (Å²) in [5.74, 6) is -1.34. The molecule has 2 aromatic heterocycles. The van der Waals surface area contributed by atoms with Gasteiger partial charge in [0.1, 0.15) is 5.01 Å². The third kappa shape index (κ3) is 6.63. The number of hydrogen-bond donors (Lipinski definition) is 1. The summed E-state index contributed by atoms with van der Waals surface area (Å²) < 4.78 is 69.7. The number of hydrogen-bond acceptors (Lipinski definition) is 7. The van der Waals surface area contributed by atoms with Crippen molar-refractivity contribution in [1.82, 2.24) is 9.97 Å². The average Bonchev–Trinajstić information content (AvgIpc) is 3.30. The lowest BCUT2D eigenvalue weighted by atomic mass is 9.91. The summed E-state index contributed by atoms with van der Waals surface area (Å²) in [6.45, 7) is 5.90. The Balaban J connectivity index is 1.93. The zero-order valence-electron chi connectivity index (χ0n) is 20.8. The lowest BCUT2D eigenvalue weighted by molar-refractivity contribution is -0.148. The molecule has 0 amide bonds. The highest BCUT2D eigenvalue weighted by molar-refractivity contribution is 7.93. The first-order valence-electron chi connectivity index (χ1n) is 11.2. The van der Waals surface area contributed by atoms with Crippen LogP contribution < -0.4 is 4.31 Å². The maximum Gasteiger partial charge on any atom is 0.516 e. The molecule has 0 saturated carbocycles. The summed E-state index contributed by atoms with van der Waals surface area (Å²) in [5.41, 5.74) is -3.57. The van der Waals surface area contributed by atoms with Crippen molar-refractivity contribution in [3.63, 3.8) is 0 Å². The number of rotatable bonds is 9. The number of carbonyl (C=O) groups is 1. The number of sulfonamides is 1. The van der Waals surface area contributed by atoms with Gasteiger partial charge in [0.25, 0.3) is 0 Å². The molecule has 0 aliphatic heterocycles. The number of carboxylic acids is 1. The van der Waals surface area contributed by atoms with Gasteiger partial charge in [0, 0.05) is 33.8 Å². The van der Waals surface area contributed by atoms with Crippen molar-refractivity contribution in [2.24, 2.45) is 0 Å². The van der Waals surface area contributed by atoms with E-state index in [1.807, 2.05) is 32.9 Å². The fourth-order valence-electron chi connectivity index (χ4n) is 3.27. The van der Waals surface area contributed by atoms with Crippen LogP contribution in [0.2, 0.25) is 5.02 Å². The minimum absolute atomic E-state index is 0.0216. The Morgan fingerprint density at radius 1 is 1.21 bits per heavy atom. The lowest BCUT2D eigenvalue weighted by Crippen LogP contribution is -2.43. The Kier molecular flexibility index (Phi) is 8.76. The highest BCUT2D eigenvalue weighted by atomic mass is 35.5. The van der Waals surface area contributed by atoms with Crippen LogP contribution in [0.1, 0.15) is 33.4 Å². The summed E-state index contributed by atoms with van der Waals surface area (Å²) in [4.78, 5) is 19.9. The number of nitrogens with zero attached hydrogens (tertiary/aromatic N) is 3. The second kappa shape index (κ2) is 11.2. The zero-order chi connectivity index (χ0) is 28.5. The molecule has 0 saturated heterocycles. The highest BCUT2D eigenvalue weighted by Gasteiger charge is 2.50. The monoisotopic (exact) mass is 591 g/mol. The molecule has 206 valence electrons. The van der Waals surface area contributed by atoms with Crippen molar-refractivity contribution in [3.05, 3.63) is 52.6 Å². The normalized spacial score (nSPS) is 13.4. The van der Waals surface area contributed by atoms with E-state index in [1.165, 1.54) is 30.4 Å². The first-order valence-corrected chi connectivity index (χ1v) is 13.9. The van der Waals surface area contributed by atoms with E-state index in [1.54, 1.807) is 11.6 Å². The van der Waals surface area contributed by atoms with Gasteiger partial charge in [-0.3, -0.25) is 9.29 Å². The van der Waals surface area contributed by atoms with Crippen molar-refractivity contribution in [3.8, 4) is 21.8 Å². The van der Waals surface area contributed by atoms with Crippen molar-refractivity contribution in [2.45, 2.75) is 44.7 Å². The predicted molar refractivity (Wildman–Crippen MR) is 140 cm³/mol. The van der Waals surface area contributed by atoms with Gasteiger partial charge in [-0.25, -0.2) is 9.78 Å². The van der Waals surface area contributed by atoms with Crippen LogP contribution in [0.25, 0.3) is 21.8 Å². The topological polar surface area (TPSA) is 110 Å². The van der Waals surface area contributed by atoms with Crippen LogP contribution >= 0.6 is 22.9 Å².